The van der Waals surface area contributed by atoms with Crippen LogP contribution < -0.4 is 5.32 Å². The molecule has 0 saturated carbocycles. The Bertz CT molecular complexity index is 1110. The number of urea groups is 1. The van der Waals surface area contributed by atoms with Crippen LogP contribution in [0.4, 0.5) is 10.5 Å². The van der Waals surface area contributed by atoms with Crippen molar-refractivity contribution in [1.29, 1.82) is 0 Å². The topological polar surface area (TPSA) is 70.4 Å². The maximum atomic E-state index is 13.1. The molecule has 4 rings (SSSR count). The van der Waals surface area contributed by atoms with Crippen molar-refractivity contribution in [2.24, 2.45) is 0 Å². The average molecular weight is 445 g/mol. The van der Waals surface area contributed by atoms with E-state index < -0.39 is 12.1 Å². The molecule has 1 heterocycles. The number of amides is 2. The summed E-state index contributed by atoms with van der Waals surface area (Å²) in [4.78, 5) is 14.6. The Balaban J connectivity index is 1.61. The zero-order valence-electron chi connectivity index (χ0n) is 16.9. The first-order valence-corrected chi connectivity index (χ1v) is 10.3. The summed E-state index contributed by atoms with van der Waals surface area (Å²) in [6, 6.07) is 12.3. The molecule has 2 atom stereocenters. The fraction of sp³-hybridized carbons (Fsp3) is 0.273. The van der Waals surface area contributed by atoms with Gasteiger partial charge in [0.15, 0.2) is 0 Å². The van der Waals surface area contributed by atoms with Crippen LogP contribution in [0.1, 0.15) is 28.6 Å². The van der Waals surface area contributed by atoms with Gasteiger partial charge in [0.2, 0.25) is 0 Å². The van der Waals surface area contributed by atoms with Gasteiger partial charge in [0.05, 0.1) is 34.9 Å². The number of aryl methyl sites for hydroxylation is 1. The molecule has 6 nitrogen and oxygen atoms in total. The van der Waals surface area contributed by atoms with Crippen molar-refractivity contribution in [3.63, 3.8) is 0 Å². The van der Waals surface area contributed by atoms with Gasteiger partial charge in [-0.05, 0) is 49.2 Å². The first-order chi connectivity index (χ1) is 14.3. The van der Waals surface area contributed by atoms with Gasteiger partial charge in [0.1, 0.15) is 0 Å². The van der Waals surface area contributed by atoms with Crippen molar-refractivity contribution in [2.45, 2.75) is 32.4 Å². The molecule has 0 spiro atoms. The Morgan fingerprint density at radius 3 is 2.63 bits per heavy atom. The number of aromatic nitrogens is 2. The predicted molar refractivity (Wildman–Crippen MR) is 119 cm³/mol. The monoisotopic (exact) mass is 444 g/mol. The lowest BCUT2D eigenvalue weighted by Crippen LogP contribution is -2.38. The van der Waals surface area contributed by atoms with Gasteiger partial charge in [0, 0.05) is 23.5 Å². The zero-order valence-corrected chi connectivity index (χ0v) is 18.4. The van der Waals surface area contributed by atoms with Crippen LogP contribution in [0.2, 0.25) is 10.0 Å². The van der Waals surface area contributed by atoms with E-state index in [0.717, 1.165) is 22.5 Å². The molecular formula is C22H22Cl2N4O2. The van der Waals surface area contributed by atoms with Crippen molar-refractivity contribution in [1.82, 2.24) is 14.7 Å². The summed E-state index contributed by atoms with van der Waals surface area (Å²) >= 11 is 12.5. The molecule has 1 aliphatic rings. The molecule has 0 bridgehead atoms. The van der Waals surface area contributed by atoms with Crippen molar-refractivity contribution in [2.75, 3.05) is 12.4 Å². The number of para-hydroxylation sites is 1. The predicted octanol–water partition coefficient (Wildman–Crippen LogP) is 4.92. The Hall–Kier alpha value is -2.54. The lowest BCUT2D eigenvalue weighted by atomic mass is 10.1. The molecule has 2 amide bonds. The molecule has 8 heteroatoms. The van der Waals surface area contributed by atoms with Crippen molar-refractivity contribution >= 4 is 34.9 Å². The van der Waals surface area contributed by atoms with E-state index in [1.807, 2.05) is 44.2 Å². The van der Waals surface area contributed by atoms with Crippen LogP contribution in [0.5, 0.6) is 0 Å². The van der Waals surface area contributed by atoms with Crippen LogP contribution in [-0.2, 0) is 6.42 Å². The summed E-state index contributed by atoms with van der Waals surface area (Å²) in [6.45, 7) is 3.75. The van der Waals surface area contributed by atoms with Gasteiger partial charge in [-0.2, -0.15) is 5.10 Å². The van der Waals surface area contributed by atoms with E-state index in [1.165, 1.54) is 4.90 Å². The minimum Gasteiger partial charge on any atom is -0.390 e. The number of benzene rings is 2. The maximum absolute atomic E-state index is 13.1. The standard InChI is InChI=1S/C22H22Cl2N4O2/c1-12-20(13(2)28(26-12)15-7-5-4-6-8-15)25-22(30)27(3)21-17-9-14(23)10-18(24)16(17)11-19(21)29/h4-10,19,21,29H,11H2,1-3H3,(H,25,30)/t19-,21-/m0/s1. The highest BCUT2D eigenvalue weighted by atomic mass is 35.5. The average Bonchev–Trinajstić information content (AvgIpc) is 3.19. The highest BCUT2D eigenvalue weighted by molar-refractivity contribution is 6.35. The first kappa shape index (κ1) is 20.7. The summed E-state index contributed by atoms with van der Waals surface area (Å²) in [5, 5.41) is 19.1. The number of halogens is 2. The summed E-state index contributed by atoms with van der Waals surface area (Å²) in [5.41, 5.74) is 4.67. The lowest BCUT2D eigenvalue weighted by molar-refractivity contribution is 0.0934. The van der Waals surface area contributed by atoms with Crippen LogP contribution >= 0.6 is 23.2 Å². The molecule has 1 aromatic heterocycles. The molecule has 0 fully saturated rings. The summed E-state index contributed by atoms with van der Waals surface area (Å²) in [7, 11) is 1.65. The second-order valence-corrected chi connectivity index (χ2v) is 8.35. The Labute approximate surface area is 185 Å². The minimum atomic E-state index is -0.763. The van der Waals surface area contributed by atoms with Gasteiger partial charge in [-0.3, -0.25) is 0 Å². The number of nitrogens with one attached hydrogen (secondary N) is 1. The molecule has 30 heavy (non-hydrogen) atoms. The second-order valence-electron chi connectivity index (χ2n) is 7.51. The Morgan fingerprint density at radius 2 is 1.93 bits per heavy atom. The number of aliphatic hydroxyl groups excluding tert-OH is 1. The van der Waals surface area contributed by atoms with Gasteiger partial charge in [-0.25, -0.2) is 9.48 Å². The SMILES string of the molecule is Cc1nn(-c2ccccc2)c(C)c1NC(=O)N(C)[C@H]1c2cc(Cl)cc(Cl)c2C[C@@H]1O. The quantitative estimate of drug-likeness (QED) is 0.602. The minimum absolute atomic E-state index is 0.346. The summed E-state index contributed by atoms with van der Waals surface area (Å²) in [5.74, 6) is 0. The fourth-order valence-corrected chi connectivity index (χ4v) is 4.65. The number of hydrogen-bond acceptors (Lipinski definition) is 3. The third kappa shape index (κ3) is 3.55. The van der Waals surface area contributed by atoms with Crippen molar-refractivity contribution < 1.29 is 9.90 Å². The van der Waals surface area contributed by atoms with E-state index in [4.69, 9.17) is 23.2 Å². The number of aliphatic hydroxyl groups is 1. The van der Waals surface area contributed by atoms with E-state index in [9.17, 15) is 9.90 Å². The van der Waals surface area contributed by atoms with Gasteiger partial charge in [-0.1, -0.05) is 41.4 Å². The second kappa shape index (κ2) is 7.95. The molecular weight excluding hydrogens is 423 g/mol. The molecule has 0 aliphatic heterocycles. The molecule has 0 unspecified atom stereocenters. The number of fused-ring (bicyclic) bond motifs is 1. The fourth-order valence-electron chi connectivity index (χ4n) is 4.06. The molecule has 3 aromatic rings. The number of rotatable bonds is 3. The number of hydrogen-bond donors (Lipinski definition) is 2. The van der Waals surface area contributed by atoms with E-state index in [1.54, 1.807) is 23.9 Å². The van der Waals surface area contributed by atoms with Crippen molar-refractivity contribution in [3.05, 3.63) is 75.0 Å². The molecule has 0 radical (unpaired) electrons. The smallest absolute Gasteiger partial charge is 0.322 e. The van der Waals surface area contributed by atoms with Gasteiger partial charge < -0.3 is 15.3 Å². The van der Waals surface area contributed by atoms with Crippen LogP contribution in [0, 0.1) is 13.8 Å². The number of anilines is 1. The molecule has 0 saturated heterocycles. The third-order valence-corrected chi connectivity index (χ3v) is 6.11. The van der Waals surface area contributed by atoms with Crippen LogP contribution in [0.25, 0.3) is 5.69 Å². The van der Waals surface area contributed by atoms with Crippen molar-refractivity contribution in [3.8, 4) is 5.69 Å². The molecule has 2 aromatic carbocycles. The zero-order chi connectivity index (χ0) is 21.6. The Kier molecular flexibility index (Phi) is 5.49. The van der Waals surface area contributed by atoms with E-state index in [-0.39, 0.29) is 6.03 Å². The molecule has 2 N–H and O–H groups in total. The largest absolute Gasteiger partial charge is 0.390 e. The van der Waals surface area contributed by atoms with E-state index in [2.05, 4.69) is 10.4 Å². The highest BCUT2D eigenvalue weighted by Crippen LogP contribution is 2.41. The number of likely N-dealkylation sites (N-methyl/N-ethyl adjacent to an activating group) is 1. The highest BCUT2D eigenvalue weighted by Gasteiger charge is 2.38. The van der Waals surface area contributed by atoms with Crippen LogP contribution in [0.15, 0.2) is 42.5 Å². The maximum Gasteiger partial charge on any atom is 0.322 e. The van der Waals surface area contributed by atoms with Gasteiger partial charge >= 0.3 is 6.03 Å². The van der Waals surface area contributed by atoms with Crippen LogP contribution in [0.3, 0.4) is 0 Å². The van der Waals surface area contributed by atoms with E-state index in [0.29, 0.717) is 27.8 Å². The summed E-state index contributed by atoms with van der Waals surface area (Å²) < 4.78 is 1.80. The van der Waals surface area contributed by atoms with Crippen LogP contribution in [-0.4, -0.2) is 39.0 Å². The number of carbonyl (C=O) groups excluding carboxylic acids is 1. The lowest BCUT2D eigenvalue weighted by Gasteiger charge is -2.28. The number of nitrogens with zero attached hydrogens (tertiary/aromatic N) is 3. The van der Waals surface area contributed by atoms with Gasteiger partial charge in [0.25, 0.3) is 0 Å². The normalized spacial score (nSPS) is 17.7. The third-order valence-electron chi connectivity index (χ3n) is 5.55. The summed E-state index contributed by atoms with van der Waals surface area (Å²) in [6.07, 6.45) is -0.390. The van der Waals surface area contributed by atoms with E-state index >= 15 is 0 Å². The number of carbonyl (C=O) groups is 1. The Morgan fingerprint density at radius 1 is 1.23 bits per heavy atom. The van der Waals surface area contributed by atoms with Gasteiger partial charge in [-0.15, -0.1) is 0 Å². The molecule has 1 aliphatic carbocycles. The molecule has 156 valence electrons. The first-order valence-electron chi connectivity index (χ1n) is 9.59.